The highest BCUT2D eigenvalue weighted by molar-refractivity contribution is 5.93. The Balaban J connectivity index is 1.73. The van der Waals surface area contributed by atoms with Gasteiger partial charge in [-0.2, -0.15) is 5.10 Å². The van der Waals surface area contributed by atoms with E-state index < -0.39 is 0 Å². The second-order valence-electron chi connectivity index (χ2n) is 6.09. The Morgan fingerprint density at radius 1 is 1.13 bits per heavy atom. The second kappa shape index (κ2) is 5.54. The summed E-state index contributed by atoms with van der Waals surface area (Å²) in [5.74, 6) is 0.0602. The van der Waals surface area contributed by atoms with E-state index in [2.05, 4.69) is 30.2 Å². The normalized spacial score (nSPS) is 17.8. The summed E-state index contributed by atoms with van der Waals surface area (Å²) in [7, 11) is 0. The number of carbonyl (C=O) groups excluding carboxylic acids is 1. The van der Waals surface area contributed by atoms with E-state index in [-0.39, 0.29) is 11.9 Å². The van der Waals surface area contributed by atoms with Crippen LogP contribution in [-0.4, -0.2) is 27.0 Å². The summed E-state index contributed by atoms with van der Waals surface area (Å²) in [5, 5.41) is 4.30. The van der Waals surface area contributed by atoms with Gasteiger partial charge in [0.15, 0.2) is 0 Å². The van der Waals surface area contributed by atoms with E-state index in [4.69, 9.17) is 0 Å². The molecule has 0 saturated carbocycles. The SMILES string of the molecule is Cc1ccccc1C1CCCN1C(=O)c1cccc2ccnn12. The monoisotopic (exact) mass is 305 g/mol. The molecule has 2 aromatic heterocycles. The molecule has 1 unspecified atom stereocenters. The molecule has 3 aromatic rings. The summed E-state index contributed by atoms with van der Waals surface area (Å²) in [6, 6.07) is 16.2. The number of hydrogen-bond donors (Lipinski definition) is 0. The fraction of sp³-hybridized carbons (Fsp3) is 0.263. The molecule has 1 aliphatic rings. The maximum absolute atomic E-state index is 13.1. The number of pyridine rings is 1. The molecule has 0 spiro atoms. The molecule has 0 bridgehead atoms. The van der Waals surface area contributed by atoms with E-state index in [1.165, 1.54) is 11.1 Å². The van der Waals surface area contributed by atoms with Crippen LogP contribution in [0, 0.1) is 6.92 Å². The lowest BCUT2D eigenvalue weighted by molar-refractivity contribution is 0.0726. The largest absolute Gasteiger partial charge is 0.330 e. The molecule has 4 nitrogen and oxygen atoms in total. The van der Waals surface area contributed by atoms with Gasteiger partial charge in [0.1, 0.15) is 5.69 Å². The molecule has 1 atom stereocenters. The molecule has 3 heterocycles. The van der Waals surface area contributed by atoms with Gasteiger partial charge in [0.25, 0.3) is 5.91 Å². The number of aryl methyl sites for hydroxylation is 1. The first-order valence-electron chi connectivity index (χ1n) is 8.05. The summed E-state index contributed by atoms with van der Waals surface area (Å²) in [4.78, 5) is 15.1. The van der Waals surface area contributed by atoms with Crippen molar-refractivity contribution in [1.29, 1.82) is 0 Å². The number of hydrogen-bond acceptors (Lipinski definition) is 2. The van der Waals surface area contributed by atoms with Crippen LogP contribution in [-0.2, 0) is 0 Å². The highest BCUT2D eigenvalue weighted by atomic mass is 16.2. The highest BCUT2D eigenvalue weighted by Gasteiger charge is 2.32. The van der Waals surface area contributed by atoms with Crippen molar-refractivity contribution in [2.24, 2.45) is 0 Å². The van der Waals surface area contributed by atoms with E-state index >= 15 is 0 Å². The van der Waals surface area contributed by atoms with E-state index in [9.17, 15) is 4.79 Å². The van der Waals surface area contributed by atoms with Crippen molar-refractivity contribution in [3.05, 3.63) is 71.5 Å². The summed E-state index contributed by atoms with van der Waals surface area (Å²) < 4.78 is 1.73. The van der Waals surface area contributed by atoms with Gasteiger partial charge < -0.3 is 4.90 Å². The van der Waals surface area contributed by atoms with Crippen molar-refractivity contribution in [3.8, 4) is 0 Å². The van der Waals surface area contributed by atoms with Crippen LogP contribution in [0.4, 0.5) is 0 Å². The number of fused-ring (bicyclic) bond motifs is 1. The van der Waals surface area contributed by atoms with Crippen molar-refractivity contribution < 1.29 is 4.79 Å². The van der Waals surface area contributed by atoms with Crippen LogP contribution >= 0.6 is 0 Å². The first kappa shape index (κ1) is 14.0. The quantitative estimate of drug-likeness (QED) is 0.725. The Bertz CT molecular complexity index is 868. The van der Waals surface area contributed by atoms with Gasteiger partial charge in [0.05, 0.1) is 17.8 Å². The molecule has 0 aliphatic carbocycles. The van der Waals surface area contributed by atoms with Gasteiger partial charge in [0.2, 0.25) is 0 Å². The Morgan fingerprint density at radius 2 is 2.00 bits per heavy atom. The van der Waals surface area contributed by atoms with Crippen molar-refractivity contribution in [3.63, 3.8) is 0 Å². The maximum atomic E-state index is 13.1. The maximum Gasteiger partial charge on any atom is 0.273 e. The zero-order valence-corrected chi connectivity index (χ0v) is 13.1. The Morgan fingerprint density at radius 3 is 2.87 bits per heavy atom. The predicted octanol–water partition coefficient (Wildman–Crippen LogP) is 3.62. The highest BCUT2D eigenvalue weighted by Crippen LogP contribution is 2.34. The van der Waals surface area contributed by atoms with Crippen LogP contribution in [0.25, 0.3) is 5.52 Å². The average Bonchev–Trinajstić information content (AvgIpc) is 3.23. The third-order valence-corrected chi connectivity index (χ3v) is 4.70. The first-order chi connectivity index (χ1) is 11.3. The van der Waals surface area contributed by atoms with Gasteiger partial charge >= 0.3 is 0 Å². The molecular formula is C19H19N3O. The molecular weight excluding hydrogens is 286 g/mol. The second-order valence-corrected chi connectivity index (χ2v) is 6.09. The van der Waals surface area contributed by atoms with Gasteiger partial charge in [-0.3, -0.25) is 4.79 Å². The van der Waals surface area contributed by atoms with Gasteiger partial charge in [-0.25, -0.2) is 4.52 Å². The van der Waals surface area contributed by atoms with E-state index in [1.807, 2.05) is 35.2 Å². The summed E-state index contributed by atoms with van der Waals surface area (Å²) in [6.45, 7) is 2.92. The molecule has 4 rings (SSSR count). The lowest BCUT2D eigenvalue weighted by atomic mass is 9.99. The van der Waals surface area contributed by atoms with Crippen LogP contribution in [0.15, 0.2) is 54.7 Å². The molecule has 1 aliphatic heterocycles. The molecule has 1 saturated heterocycles. The van der Waals surface area contributed by atoms with Gasteiger partial charge in [-0.05, 0) is 49.1 Å². The Hall–Kier alpha value is -2.62. The minimum absolute atomic E-state index is 0.0602. The fourth-order valence-electron chi connectivity index (χ4n) is 3.55. The standard InChI is InChI=1S/C19H19N3O/c1-14-6-2-3-8-16(14)17-10-5-13-21(17)19(23)18-9-4-7-15-11-12-20-22(15)18/h2-4,6-9,11-12,17H,5,10,13H2,1H3. The molecule has 1 amide bonds. The van der Waals surface area contributed by atoms with Gasteiger partial charge in [-0.1, -0.05) is 30.3 Å². The predicted molar refractivity (Wildman–Crippen MR) is 89.4 cm³/mol. The minimum Gasteiger partial charge on any atom is -0.330 e. The van der Waals surface area contributed by atoms with E-state index in [0.29, 0.717) is 5.69 Å². The number of nitrogens with zero attached hydrogens (tertiary/aromatic N) is 3. The fourth-order valence-corrected chi connectivity index (χ4v) is 3.55. The Kier molecular flexibility index (Phi) is 3.37. The molecule has 116 valence electrons. The Labute approximate surface area is 135 Å². The molecule has 4 heteroatoms. The number of amides is 1. The van der Waals surface area contributed by atoms with Gasteiger partial charge in [-0.15, -0.1) is 0 Å². The van der Waals surface area contributed by atoms with Crippen molar-refractivity contribution in [1.82, 2.24) is 14.5 Å². The number of likely N-dealkylation sites (tertiary alicyclic amines) is 1. The van der Waals surface area contributed by atoms with Crippen molar-refractivity contribution in [2.45, 2.75) is 25.8 Å². The van der Waals surface area contributed by atoms with E-state index in [0.717, 1.165) is 24.9 Å². The molecule has 1 fully saturated rings. The topological polar surface area (TPSA) is 37.6 Å². The third-order valence-electron chi connectivity index (χ3n) is 4.70. The minimum atomic E-state index is 0.0602. The van der Waals surface area contributed by atoms with E-state index in [1.54, 1.807) is 10.7 Å². The van der Waals surface area contributed by atoms with Crippen LogP contribution in [0.1, 0.15) is 40.5 Å². The summed E-state index contributed by atoms with van der Waals surface area (Å²) in [6.07, 6.45) is 3.79. The van der Waals surface area contributed by atoms with Crippen LogP contribution in [0.2, 0.25) is 0 Å². The van der Waals surface area contributed by atoms with Crippen molar-refractivity contribution >= 4 is 11.4 Å². The number of aromatic nitrogens is 2. The number of carbonyl (C=O) groups is 1. The van der Waals surface area contributed by atoms with Crippen LogP contribution in [0.5, 0.6) is 0 Å². The van der Waals surface area contributed by atoms with Crippen LogP contribution < -0.4 is 0 Å². The summed E-state index contributed by atoms with van der Waals surface area (Å²) >= 11 is 0. The summed E-state index contributed by atoms with van der Waals surface area (Å²) in [5.41, 5.74) is 4.08. The van der Waals surface area contributed by atoms with Gasteiger partial charge in [0, 0.05) is 6.54 Å². The third kappa shape index (κ3) is 2.31. The van der Waals surface area contributed by atoms with Crippen LogP contribution in [0.3, 0.4) is 0 Å². The molecule has 0 radical (unpaired) electrons. The zero-order chi connectivity index (χ0) is 15.8. The first-order valence-corrected chi connectivity index (χ1v) is 8.05. The average molecular weight is 305 g/mol. The molecule has 1 aromatic carbocycles. The zero-order valence-electron chi connectivity index (χ0n) is 13.1. The van der Waals surface area contributed by atoms with Crippen molar-refractivity contribution in [2.75, 3.05) is 6.54 Å². The number of benzene rings is 1. The number of rotatable bonds is 2. The smallest absolute Gasteiger partial charge is 0.273 e. The molecule has 0 N–H and O–H groups in total. The molecule has 23 heavy (non-hydrogen) atoms. The lowest BCUT2D eigenvalue weighted by Gasteiger charge is -2.26. The lowest BCUT2D eigenvalue weighted by Crippen LogP contribution is -2.32.